The summed E-state index contributed by atoms with van der Waals surface area (Å²) in [6, 6.07) is 0.456. The van der Waals surface area contributed by atoms with E-state index in [4.69, 9.17) is 0 Å². The van der Waals surface area contributed by atoms with Crippen molar-refractivity contribution >= 4 is 17.2 Å². The third kappa shape index (κ3) is 3.64. The quantitative estimate of drug-likeness (QED) is 0.858. The van der Waals surface area contributed by atoms with Gasteiger partial charge in [0.2, 0.25) is 0 Å². The molecule has 0 radical (unpaired) electrons. The highest BCUT2D eigenvalue weighted by Gasteiger charge is 2.35. The van der Waals surface area contributed by atoms with Gasteiger partial charge in [0, 0.05) is 25.6 Å². The summed E-state index contributed by atoms with van der Waals surface area (Å²) in [5.41, 5.74) is 0.890. The van der Waals surface area contributed by atoms with E-state index in [2.05, 4.69) is 44.8 Å². The molecule has 4 nitrogen and oxygen atoms in total. The van der Waals surface area contributed by atoms with Gasteiger partial charge in [-0.25, -0.2) is 4.98 Å². The maximum atomic E-state index is 12.8. The Morgan fingerprint density at radius 3 is 2.62 bits per heavy atom. The van der Waals surface area contributed by atoms with Crippen LogP contribution in [0.25, 0.3) is 0 Å². The Kier molecular flexibility index (Phi) is 5.04. The highest BCUT2D eigenvalue weighted by Crippen LogP contribution is 2.26. The number of thiazole rings is 1. The van der Waals surface area contributed by atoms with Crippen molar-refractivity contribution in [2.45, 2.75) is 40.2 Å². The van der Waals surface area contributed by atoms with Crippen LogP contribution in [0.5, 0.6) is 0 Å². The molecule has 118 valence electrons. The Balaban J connectivity index is 2.12. The molecule has 2 heterocycles. The van der Waals surface area contributed by atoms with Crippen LogP contribution in [-0.2, 0) is 6.42 Å². The summed E-state index contributed by atoms with van der Waals surface area (Å²) in [6.07, 6.45) is 0.954. The van der Waals surface area contributed by atoms with Gasteiger partial charge in [-0.2, -0.15) is 0 Å². The maximum absolute atomic E-state index is 12.8. The minimum Gasteiger partial charge on any atom is -0.336 e. The Bertz CT molecular complexity index is 510. The molecule has 1 aromatic rings. The second kappa shape index (κ2) is 6.44. The molecule has 2 atom stereocenters. The average molecular weight is 309 g/mol. The average Bonchev–Trinajstić information content (AvgIpc) is 2.91. The zero-order valence-electron chi connectivity index (χ0n) is 14.0. The monoisotopic (exact) mass is 309 g/mol. The number of carbonyl (C=O) groups is 1. The normalized spacial score (nSPS) is 22.6. The first kappa shape index (κ1) is 16.4. The standard InChI is InChI=1S/C16H27N3OS/c1-10(2)7-14-17-12(4)15(21-14)16(20)19-8-11(3)13(9-19)18(5)6/h10-11,13H,7-9H2,1-6H3/t11-,13+/m0/s1. The largest absolute Gasteiger partial charge is 0.336 e. The van der Waals surface area contributed by atoms with Gasteiger partial charge in [0.05, 0.1) is 10.7 Å². The lowest BCUT2D eigenvalue weighted by Gasteiger charge is -2.22. The van der Waals surface area contributed by atoms with Crippen LogP contribution in [0.3, 0.4) is 0 Å². The molecule has 1 aromatic heterocycles. The summed E-state index contributed by atoms with van der Waals surface area (Å²) in [5, 5.41) is 1.09. The minimum atomic E-state index is 0.163. The third-order valence-corrected chi connectivity index (χ3v) is 5.31. The van der Waals surface area contributed by atoms with E-state index in [1.165, 1.54) is 0 Å². The molecule has 0 aromatic carbocycles. The number of rotatable bonds is 4. The lowest BCUT2D eigenvalue weighted by Crippen LogP contribution is -2.35. The fourth-order valence-corrected chi connectivity index (χ4v) is 4.26. The summed E-state index contributed by atoms with van der Waals surface area (Å²) < 4.78 is 0. The van der Waals surface area contributed by atoms with Crippen LogP contribution in [0.15, 0.2) is 0 Å². The first-order valence-electron chi connectivity index (χ1n) is 7.71. The number of aryl methyl sites for hydroxylation is 1. The minimum absolute atomic E-state index is 0.163. The molecule has 0 aliphatic carbocycles. The van der Waals surface area contributed by atoms with E-state index in [0.717, 1.165) is 35.1 Å². The van der Waals surface area contributed by atoms with Crippen LogP contribution in [-0.4, -0.2) is 53.9 Å². The lowest BCUT2D eigenvalue weighted by molar-refractivity contribution is 0.0785. The fraction of sp³-hybridized carbons (Fsp3) is 0.750. The van der Waals surface area contributed by atoms with E-state index >= 15 is 0 Å². The van der Waals surface area contributed by atoms with Crippen molar-refractivity contribution in [2.75, 3.05) is 27.2 Å². The number of hydrogen-bond donors (Lipinski definition) is 0. The zero-order valence-corrected chi connectivity index (χ0v) is 14.8. The van der Waals surface area contributed by atoms with Gasteiger partial charge in [0.25, 0.3) is 5.91 Å². The molecule has 2 rings (SSSR count). The molecule has 5 heteroatoms. The first-order valence-corrected chi connectivity index (χ1v) is 8.53. The van der Waals surface area contributed by atoms with Crippen LogP contribution in [0.4, 0.5) is 0 Å². The first-order chi connectivity index (χ1) is 9.79. The van der Waals surface area contributed by atoms with E-state index in [1.54, 1.807) is 11.3 Å². The third-order valence-electron chi connectivity index (χ3n) is 4.14. The second-order valence-corrected chi connectivity index (χ2v) is 7.92. The van der Waals surface area contributed by atoms with E-state index in [0.29, 0.717) is 17.9 Å². The number of nitrogens with zero attached hydrogens (tertiary/aromatic N) is 3. The molecule has 1 aliphatic heterocycles. The van der Waals surface area contributed by atoms with Gasteiger partial charge in [-0.3, -0.25) is 4.79 Å². The van der Waals surface area contributed by atoms with Crippen LogP contribution in [0, 0.1) is 18.8 Å². The highest BCUT2D eigenvalue weighted by molar-refractivity contribution is 7.13. The van der Waals surface area contributed by atoms with Gasteiger partial charge in [0.15, 0.2) is 0 Å². The van der Waals surface area contributed by atoms with E-state index < -0.39 is 0 Å². The summed E-state index contributed by atoms with van der Waals surface area (Å²) >= 11 is 1.58. The number of hydrogen-bond acceptors (Lipinski definition) is 4. The van der Waals surface area contributed by atoms with Crippen molar-refractivity contribution in [3.05, 3.63) is 15.6 Å². The van der Waals surface area contributed by atoms with Crippen LogP contribution >= 0.6 is 11.3 Å². The number of likely N-dealkylation sites (tertiary alicyclic amines) is 1. The second-order valence-electron chi connectivity index (χ2n) is 6.84. The number of likely N-dealkylation sites (N-methyl/N-ethyl adjacent to an activating group) is 1. The van der Waals surface area contributed by atoms with Crippen LogP contribution in [0.2, 0.25) is 0 Å². The Labute approximate surface area is 132 Å². The number of carbonyl (C=O) groups excluding carboxylic acids is 1. The van der Waals surface area contributed by atoms with Crippen molar-refractivity contribution in [3.63, 3.8) is 0 Å². The van der Waals surface area contributed by atoms with Gasteiger partial charge >= 0.3 is 0 Å². The van der Waals surface area contributed by atoms with E-state index in [9.17, 15) is 4.79 Å². The Morgan fingerprint density at radius 1 is 1.43 bits per heavy atom. The van der Waals surface area contributed by atoms with Gasteiger partial charge in [-0.1, -0.05) is 20.8 Å². The summed E-state index contributed by atoms with van der Waals surface area (Å²) in [6.45, 7) is 10.2. The molecule has 0 unspecified atom stereocenters. The molecule has 1 amide bonds. The molecule has 1 aliphatic rings. The lowest BCUT2D eigenvalue weighted by atomic mass is 10.1. The van der Waals surface area contributed by atoms with Crippen molar-refractivity contribution in [2.24, 2.45) is 11.8 Å². The predicted octanol–water partition coefficient (Wildman–Crippen LogP) is 2.67. The topological polar surface area (TPSA) is 36.4 Å². The van der Waals surface area contributed by atoms with Crippen LogP contribution < -0.4 is 0 Å². The molecule has 1 fully saturated rings. The molecule has 21 heavy (non-hydrogen) atoms. The van der Waals surface area contributed by atoms with Gasteiger partial charge in [-0.15, -0.1) is 11.3 Å². The SMILES string of the molecule is Cc1nc(CC(C)C)sc1C(=O)N1C[C@@H](N(C)C)[C@@H](C)C1. The zero-order chi connectivity index (χ0) is 15.7. The van der Waals surface area contributed by atoms with E-state index in [-0.39, 0.29) is 5.91 Å². The summed E-state index contributed by atoms with van der Waals surface area (Å²) in [7, 11) is 4.18. The molecular formula is C16H27N3OS. The molecule has 0 bridgehead atoms. The fourth-order valence-electron chi connectivity index (χ4n) is 3.02. The Hall–Kier alpha value is -0.940. The molecule has 0 N–H and O–H groups in total. The van der Waals surface area contributed by atoms with Crippen molar-refractivity contribution in [1.82, 2.24) is 14.8 Å². The smallest absolute Gasteiger partial charge is 0.265 e. The molecule has 1 saturated heterocycles. The van der Waals surface area contributed by atoms with Crippen molar-refractivity contribution in [1.29, 1.82) is 0 Å². The molecule has 0 saturated carbocycles. The van der Waals surface area contributed by atoms with Crippen molar-refractivity contribution in [3.8, 4) is 0 Å². The number of amides is 1. The van der Waals surface area contributed by atoms with Gasteiger partial charge in [-0.05, 0) is 32.9 Å². The Morgan fingerprint density at radius 2 is 2.10 bits per heavy atom. The highest BCUT2D eigenvalue weighted by atomic mass is 32.1. The predicted molar refractivity (Wildman–Crippen MR) is 87.9 cm³/mol. The van der Waals surface area contributed by atoms with Crippen molar-refractivity contribution < 1.29 is 4.79 Å². The summed E-state index contributed by atoms with van der Waals surface area (Å²) in [5.74, 6) is 1.26. The molecule has 0 spiro atoms. The van der Waals surface area contributed by atoms with Gasteiger partial charge in [0.1, 0.15) is 4.88 Å². The summed E-state index contributed by atoms with van der Waals surface area (Å²) in [4.78, 5) is 22.4. The maximum Gasteiger partial charge on any atom is 0.265 e. The molecular weight excluding hydrogens is 282 g/mol. The number of aromatic nitrogens is 1. The van der Waals surface area contributed by atoms with Gasteiger partial charge < -0.3 is 9.80 Å². The van der Waals surface area contributed by atoms with Crippen LogP contribution in [0.1, 0.15) is 41.1 Å². The van der Waals surface area contributed by atoms with E-state index in [1.807, 2.05) is 11.8 Å².